The Morgan fingerprint density at radius 2 is 1.81 bits per heavy atom. The Morgan fingerprint density at radius 3 is 2.38 bits per heavy atom. The summed E-state index contributed by atoms with van der Waals surface area (Å²) in [5, 5.41) is 3.30. The number of nitrogens with one attached hydrogen (secondary N) is 1. The lowest BCUT2D eigenvalue weighted by molar-refractivity contribution is 0.305. The first-order valence-electron chi connectivity index (χ1n) is 5.67. The second-order valence-corrected chi connectivity index (χ2v) is 4.27. The van der Waals surface area contributed by atoms with E-state index in [0.717, 1.165) is 11.5 Å². The molecule has 0 aromatic heterocycles. The van der Waals surface area contributed by atoms with Gasteiger partial charge >= 0.3 is 0 Å². The molecule has 1 N–H and O–H groups in total. The van der Waals surface area contributed by atoms with Gasteiger partial charge in [-0.2, -0.15) is 0 Å². The molecule has 1 aromatic rings. The third-order valence-corrected chi connectivity index (χ3v) is 3.43. The molecule has 0 amide bonds. The molecule has 0 spiro atoms. The average Bonchev–Trinajstić information content (AvgIpc) is 2.27. The van der Waals surface area contributed by atoms with Crippen LogP contribution in [-0.2, 0) is 0 Å². The summed E-state index contributed by atoms with van der Waals surface area (Å²) in [7, 11) is 5.37. The maximum Gasteiger partial charge on any atom is 0.160 e. The summed E-state index contributed by atoms with van der Waals surface area (Å²) in [6.07, 6.45) is 2.43. The minimum atomic E-state index is 0.664. The van der Waals surface area contributed by atoms with E-state index in [1.165, 1.54) is 18.4 Å². The Hall–Kier alpha value is -1.22. The van der Waals surface area contributed by atoms with Gasteiger partial charge in [-0.1, -0.05) is 6.07 Å². The van der Waals surface area contributed by atoms with Crippen LogP contribution in [0.4, 0.5) is 0 Å². The van der Waals surface area contributed by atoms with E-state index < -0.39 is 0 Å². The number of benzene rings is 1. The SMILES string of the molecule is CNC1CC(c2ccc(OC)c(OC)c2)C1. The van der Waals surface area contributed by atoms with Crippen molar-refractivity contribution < 1.29 is 9.47 Å². The summed E-state index contributed by atoms with van der Waals surface area (Å²) in [6.45, 7) is 0. The van der Waals surface area contributed by atoms with Gasteiger partial charge in [-0.3, -0.25) is 0 Å². The van der Waals surface area contributed by atoms with Crippen molar-refractivity contribution >= 4 is 0 Å². The van der Waals surface area contributed by atoms with Gasteiger partial charge in [0.25, 0.3) is 0 Å². The first-order valence-corrected chi connectivity index (χ1v) is 5.67. The molecule has 1 fully saturated rings. The maximum atomic E-state index is 5.31. The third kappa shape index (κ3) is 2.00. The van der Waals surface area contributed by atoms with Crippen molar-refractivity contribution in [3.05, 3.63) is 23.8 Å². The van der Waals surface area contributed by atoms with Gasteiger partial charge in [-0.05, 0) is 43.5 Å². The molecule has 1 aliphatic carbocycles. The predicted octanol–water partition coefficient (Wildman–Crippen LogP) is 2.17. The van der Waals surface area contributed by atoms with Gasteiger partial charge < -0.3 is 14.8 Å². The zero-order valence-corrected chi connectivity index (χ0v) is 10.1. The second-order valence-electron chi connectivity index (χ2n) is 4.27. The average molecular weight is 221 g/mol. The van der Waals surface area contributed by atoms with Crippen molar-refractivity contribution in [3.63, 3.8) is 0 Å². The molecular formula is C13H19NO2. The smallest absolute Gasteiger partial charge is 0.160 e. The van der Waals surface area contributed by atoms with Crippen molar-refractivity contribution in [2.45, 2.75) is 24.8 Å². The Bertz CT molecular complexity index is 359. The molecule has 0 bridgehead atoms. The molecule has 1 aromatic carbocycles. The first-order chi connectivity index (χ1) is 7.78. The van der Waals surface area contributed by atoms with E-state index in [-0.39, 0.29) is 0 Å². The predicted molar refractivity (Wildman–Crippen MR) is 64.4 cm³/mol. The summed E-state index contributed by atoms with van der Waals surface area (Å²) < 4.78 is 10.5. The molecule has 0 atom stereocenters. The largest absolute Gasteiger partial charge is 0.493 e. The fourth-order valence-electron chi connectivity index (χ4n) is 2.23. The van der Waals surface area contributed by atoms with E-state index >= 15 is 0 Å². The van der Waals surface area contributed by atoms with Gasteiger partial charge in [0.05, 0.1) is 14.2 Å². The van der Waals surface area contributed by atoms with Gasteiger partial charge in [0.1, 0.15) is 0 Å². The van der Waals surface area contributed by atoms with Crippen molar-refractivity contribution in [1.29, 1.82) is 0 Å². The van der Waals surface area contributed by atoms with Crippen molar-refractivity contribution in [2.75, 3.05) is 21.3 Å². The van der Waals surface area contributed by atoms with Crippen LogP contribution in [0.1, 0.15) is 24.3 Å². The fraction of sp³-hybridized carbons (Fsp3) is 0.538. The minimum Gasteiger partial charge on any atom is -0.493 e. The van der Waals surface area contributed by atoms with Crippen LogP contribution in [0.2, 0.25) is 0 Å². The highest BCUT2D eigenvalue weighted by atomic mass is 16.5. The van der Waals surface area contributed by atoms with Gasteiger partial charge in [-0.15, -0.1) is 0 Å². The van der Waals surface area contributed by atoms with Gasteiger partial charge in [0, 0.05) is 6.04 Å². The maximum absolute atomic E-state index is 5.31. The van der Waals surface area contributed by atoms with Crippen LogP contribution >= 0.6 is 0 Å². The van der Waals surface area contributed by atoms with E-state index in [2.05, 4.69) is 17.4 Å². The van der Waals surface area contributed by atoms with E-state index in [1.54, 1.807) is 14.2 Å². The van der Waals surface area contributed by atoms with E-state index in [4.69, 9.17) is 9.47 Å². The van der Waals surface area contributed by atoms with Crippen LogP contribution in [0.3, 0.4) is 0 Å². The molecule has 3 nitrogen and oxygen atoms in total. The minimum absolute atomic E-state index is 0.664. The second kappa shape index (κ2) is 4.74. The zero-order chi connectivity index (χ0) is 11.5. The van der Waals surface area contributed by atoms with Crippen LogP contribution < -0.4 is 14.8 Å². The van der Waals surface area contributed by atoms with Crippen LogP contribution in [0.5, 0.6) is 11.5 Å². The van der Waals surface area contributed by atoms with Crippen LogP contribution in [0.15, 0.2) is 18.2 Å². The summed E-state index contributed by atoms with van der Waals surface area (Å²) in [6, 6.07) is 6.90. The standard InChI is InChI=1S/C13H19NO2/c1-14-11-6-10(7-11)9-4-5-12(15-2)13(8-9)16-3/h4-5,8,10-11,14H,6-7H2,1-3H3. The molecular weight excluding hydrogens is 202 g/mol. The third-order valence-electron chi connectivity index (χ3n) is 3.43. The van der Waals surface area contributed by atoms with Crippen LogP contribution in [0.25, 0.3) is 0 Å². The topological polar surface area (TPSA) is 30.5 Å². The van der Waals surface area contributed by atoms with E-state index in [1.807, 2.05) is 13.1 Å². The molecule has 0 radical (unpaired) electrons. The normalized spacial score (nSPS) is 23.7. The Balaban J connectivity index is 2.11. The summed E-state index contributed by atoms with van der Waals surface area (Å²) in [4.78, 5) is 0. The molecule has 0 heterocycles. The molecule has 2 rings (SSSR count). The molecule has 1 aliphatic rings. The lowest BCUT2D eigenvalue weighted by Gasteiger charge is -2.35. The van der Waals surface area contributed by atoms with Crippen LogP contribution in [-0.4, -0.2) is 27.3 Å². The first kappa shape index (κ1) is 11.3. The monoisotopic (exact) mass is 221 g/mol. The summed E-state index contributed by atoms with van der Waals surface area (Å²) in [5.74, 6) is 2.29. The highest BCUT2D eigenvalue weighted by molar-refractivity contribution is 5.44. The lowest BCUT2D eigenvalue weighted by Crippen LogP contribution is -2.37. The molecule has 0 saturated heterocycles. The Labute approximate surface area is 96.8 Å². The van der Waals surface area contributed by atoms with Gasteiger partial charge in [0.2, 0.25) is 0 Å². The number of hydrogen-bond acceptors (Lipinski definition) is 3. The van der Waals surface area contributed by atoms with Crippen molar-refractivity contribution in [3.8, 4) is 11.5 Å². The highest BCUT2D eigenvalue weighted by Crippen LogP contribution is 2.39. The molecule has 0 aliphatic heterocycles. The molecule has 1 saturated carbocycles. The highest BCUT2D eigenvalue weighted by Gasteiger charge is 2.29. The Morgan fingerprint density at radius 1 is 1.12 bits per heavy atom. The number of hydrogen-bond donors (Lipinski definition) is 1. The molecule has 0 unspecified atom stereocenters. The number of ether oxygens (including phenoxy) is 2. The van der Waals surface area contributed by atoms with Crippen molar-refractivity contribution in [2.24, 2.45) is 0 Å². The molecule has 3 heteroatoms. The van der Waals surface area contributed by atoms with Crippen LogP contribution in [0, 0.1) is 0 Å². The van der Waals surface area contributed by atoms with Gasteiger partial charge in [0.15, 0.2) is 11.5 Å². The van der Waals surface area contributed by atoms with Gasteiger partial charge in [-0.25, -0.2) is 0 Å². The summed E-state index contributed by atoms with van der Waals surface area (Å²) >= 11 is 0. The van der Waals surface area contributed by atoms with Crippen molar-refractivity contribution in [1.82, 2.24) is 5.32 Å². The fourth-order valence-corrected chi connectivity index (χ4v) is 2.23. The Kier molecular flexibility index (Phi) is 3.34. The van der Waals surface area contributed by atoms with E-state index in [0.29, 0.717) is 12.0 Å². The lowest BCUT2D eigenvalue weighted by atomic mass is 9.76. The number of rotatable bonds is 4. The number of methoxy groups -OCH3 is 2. The quantitative estimate of drug-likeness (QED) is 0.845. The zero-order valence-electron chi connectivity index (χ0n) is 10.1. The molecule has 16 heavy (non-hydrogen) atoms. The van der Waals surface area contributed by atoms with E-state index in [9.17, 15) is 0 Å². The summed E-state index contributed by atoms with van der Waals surface area (Å²) in [5.41, 5.74) is 1.35. The molecule has 88 valence electrons.